The molecule has 4 aromatic rings. The Morgan fingerprint density at radius 1 is 1.00 bits per heavy atom. The fourth-order valence-corrected chi connectivity index (χ4v) is 4.01. The predicted molar refractivity (Wildman–Crippen MR) is 133 cm³/mol. The molecule has 1 aromatic heterocycles. The predicted octanol–water partition coefficient (Wildman–Crippen LogP) is 5.97. The average Bonchev–Trinajstić information content (AvgIpc) is 3.20. The number of rotatable bonds is 10. The number of aryl methyl sites for hydroxylation is 1. The molecule has 3 aromatic carbocycles. The summed E-state index contributed by atoms with van der Waals surface area (Å²) in [5, 5.41) is 3.77. The monoisotopic (exact) mass is 461 g/mol. The van der Waals surface area contributed by atoms with Crippen LogP contribution in [0.5, 0.6) is 5.75 Å². The van der Waals surface area contributed by atoms with Crippen molar-refractivity contribution in [3.63, 3.8) is 0 Å². The van der Waals surface area contributed by atoms with Gasteiger partial charge in [0.1, 0.15) is 11.6 Å². The molecule has 0 aliphatic heterocycles. The van der Waals surface area contributed by atoms with Crippen LogP contribution in [0.2, 0.25) is 5.02 Å². The van der Waals surface area contributed by atoms with Crippen molar-refractivity contribution in [2.24, 2.45) is 0 Å². The number of carbonyl (C=O) groups excluding carboxylic acids is 1. The maximum atomic E-state index is 12.6. The minimum Gasteiger partial charge on any atom is -0.494 e. The number of imidazole rings is 1. The molecule has 0 radical (unpaired) electrons. The van der Waals surface area contributed by atoms with Crippen molar-refractivity contribution in [2.45, 2.75) is 38.8 Å². The molecule has 1 amide bonds. The Balaban J connectivity index is 1.39. The van der Waals surface area contributed by atoms with Crippen molar-refractivity contribution < 1.29 is 9.53 Å². The van der Waals surface area contributed by atoms with Gasteiger partial charge in [-0.25, -0.2) is 4.98 Å². The summed E-state index contributed by atoms with van der Waals surface area (Å²) in [6, 6.07) is 25.1. The van der Waals surface area contributed by atoms with Gasteiger partial charge in [-0.15, -0.1) is 0 Å². The summed E-state index contributed by atoms with van der Waals surface area (Å²) in [4.78, 5) is 17.5. The van der Waals surface area contributed by atoms with Crippen LogP contribution in [0.1, 0.15) is 37.2 Å². The minimum atomic E-state index is -0.210. The minimum absolute atomic E-state index is 0.0420. The smallest absolute Gasteiger partial charge is 0.224 e. The zero-order chi connectivity index (χ0) is 23.0. The van der Waals surface area contributed by atoms with Gasteiger partial charge in [0.2, 0.25) is 5.91 Å². The first kappa shape index (κ1) is 22.9. The lowest BCUT2D eigenvalue weighted by Crippen LogP contribution is -2.30. The molecule has 0 bridgehead atoms. The topological polar surface area (TPSA) is 56.2 Å². The van der Waals surface area contributed by atoms with Crippen LogP contribution in [0.4, 0.5) is 0 Å². The number of halogens is 1. The van der Waals surface area contributed by atoms with Gasteiger partial charge in [0, 0.05) is 11.6 Å². The summed E-state index contributed by atoms with van der Waals surface area (Å²) in [7, 11) is 0. The van der Waals surface area contributed by atoms with Gasteiger partial charge in [-0.2, -0.15) is 0 Å². The fraction of sp³-hybridized carbons (Fsp3) is 0.259. The molecule has 0 aliphatic carbocycles. The number of amides is 1. The molecule has 5 nitrogen and oxygen atoms in total. The molecule has 1 N–H and O–H groups in total. The molecule has 170 valence electrons. The molecule has 0 saturated carbocycles. The first-order chi connectivity index (χ1) is 16.1. The van der Waals surface area contributed by atoms with Crippen LogP contribution in [0.25, 0.3) is 11.0 Å². The number of para-hydroxylation sites is 3. The number of benzene rings is 3. The summed E-state index contributed by atoms with van der Waals surface area (Å²) < 4.78 is 8.03. The van der Waals surface area contributed by atoms with E-state index in [1.165, 1.54) is 0 Å². The summed E-state index contributed by atoms with van der Waals surface area (Å²) in [5.74, 6) is 1.72. The molecule has 0 aliphatic rings. The standard InChI is InChI=1S/C27H28ClN3O2/c1-20(29-26(32)19-21-13-15-22(28)16-14-21)27-30-24-11-5-6-12-25(24)31(27)17-7-8-18-33-23-9-3-2-4-10-23/h2-6,9-16,20H,7-8,17-19H2,1H3,(H,29,32). The molecule has 1 heterocycles. The number of aromatic nitrogens is 2. The maximum Gasteiger partial charge on any atom is 0.224 e. The average molecular weight is 462 g/mol. The van der Waals surface area contributed by atoms with E-state index < -0.39 is 0 Å². The second-order valence-corrected chi connectivity index (χ2v) is 8.51. The number of carbonyl (C=O) groups is 1. The molecular weight excluding hydrogens is 434 g/mol. The Morgan fingerprint density at radius 2 is 1.73 bits per heavy atom. The zero-order valence-electron chi connectivity index (χ0n) is 18.7. The molecule has 0 fully saturated rings. The van der Waals surface area contributed by atoms with Crippen LogP contribution in [-0.2, 0) is 17.8 Å². The number of fused-ring (bicyclic) bond motifs is 1. The van der Waals surface area contributed by atoms with E-state index >= 15 is 0 Å². The molecule has 0 spiro atoms. The Hall–Kier alpha value is -3.31. The first-order valence-electron chi connectivity index (χ1n) is 11.3. The number of hydrogen-bond donors (Lipinski definition) is 1. The summed E-state index contributed by atoms with van der Waals surface area (Å²) in [5.41, 5.74) is 2.94. The van der Waals surface area contributed by atoms with Gasteiger partial charge >= 0.3 is 0 Å². The third-order valence-corrected chi connectivity index (χ3v) is 5.77. The highest BCUT2D eigenvalue weighted by Crippen LogP contribution is 2.22. The highest BCUT2D eigenvalue weighted by Gasteiger charge is 2.18. The summed E-state index contributed by atoms with van der Waals surface area (Å²) in [6.07, 6.45) is 2.18. The van der Waals surface area contributed by atoms with Crippen LogP contribution >= 0.6 is 11.6 Å². The molecule has 1 atom stereocenters. The van der Waals surface area contributed by atoms with Crippen LogP contribution in [-0.4, -0.2) is 22.1 Å². The lowest BCUT2D eigenvalue weighted by atomic mass is 10.1. The Bertz CT molecular complexity index is 1190. The molecular formula is C27H28ClN3O2. The quantitative estimate of drug-likeness (QED) is 0.296. The van der Waals surface area contributed by atoms with Gasteiger partial charge in [0.25, 0.3) is 0 Å². The third-order valence-electron chi connectivity index (χ3n) is 5.51. The van der Waals surface area contributed by atoms with E-state index in [1.54, 1.807) is 12.1 Å². The van der Waals surface area contributed by atoms with Crippen molar-refractivity contribution >= 4 is 28.5 Å². The Labute approximate surface area is 199 Å². The van der Waals surface area contributed by atoms with E-state index in [0.29, 0.717) is 18.1 Å². The van der Waals surface area contributed by atoms with Gasteiger partial charge in [-0.3, -0.25) is 4.79 Å². The number of hydrogen-bond acceptors (Lipinski definition) is 3. The SMILES string of the molecule is CC(NC(=O)Cc1ccc(Cl)cc1)c1nc2ccccc2n1CCCCOc1ccccc1. The second-order valence-electron chi connectivity index (χ2n) is 8.07. The van der Waals surface area contributed by atoms with Crippen LogP contribution in [0.15, 0.2) is 78.9 Å². The van der Waals surface area contributed by atoms with Crippen LogP contribution < -0.4 is 10.1 Å². The van der Waals surface area contributed by atoms with E-state index in [9.17, 15) is 4.79 Å². The zero-order valence-corrected chi connectivity index (χ0v) is 19.5. The van der Waals surface area contributed by atoms with Gasteiger partial charge in [0.15, 0.2) is 0 Å². The first-order valence-corrected chi connectivity index (χ1v) is 11.6. The van der Waals surface area contributed by atoms with E-state index in [4.69, 9.17) is 21.3 Å². The largest absolute Gasteiger partial charge is 0.494 e. The highest BCUT2D eigenvalue weighted by atomic mass is 35.5. The molecule has 4 rings (SSSR count). The number of nitrogens with one attached hydrogen (secondary N) is 1. The molecule has 1 unspecified atom stereocenters. The second kappa shape index (κ2) is 11.0. The van der Waals surface area contributed by atoms with Gasteiger partial charge < -0.3 is 14.6 Å². The van der Waals surface area contributed by atoms with E-state index in [0.717, 1.165) is 47.6 Å². The Kier molecular flexibility index (Phi) is 7.63. The third kappa shape index (κ3) is 6.14. The highest BCUT2D eigenvalue weighted by molar-refractivity contribution is 6.30. The fourth-order valence-electron chi connectivity index (χ4n) is 3.88. The van der Waals surface area contributed by atoms with E-state index in [2.05, 4.69) is 16.0 Å². The lowest BCUT2D eigenvalue weighted by molar-refractivity contribution is -0.121. The molecule has 6 heteroatoms. The van der Waals surface area contributed by atoms with E-state index in [1.807, 2.05) is 67.6 Å². The van der Waals surface area contributed by atoms with Crippen LogP contribution in [0, 0.1) is 0 Å². The van der Waals surface area contributed by atoms with Crippen molar-refractivity contribution in [3.8, 4) is 5.75 Å². The van der Waals surface area contributed by atoms with Crippen molar-refractivity contribution in [3.05, 3.63) is 95.3 Å². The molecule has 0 saturated heterocycles. The molecule has 33 heavy (non-hydrogen) atoms. The number of unbranched alkanes of at least 4 members (excludes halogenated alkanes) is 1. The van der Waals surface area contributed by atoms with Crippen molar-refractivity contribution in [1.29, 1.82) is 0 Å². The maximum absolute atomic E-state index is 12.6. The van der Waals surface area contributed by atoms with Gasteiger partial charge in [0.05, 0.1) is 30.1 Å². The Morgan fingerprint density at radius 3 is 2.52 bits per heavy atom. The van der Waals surface area contributed by atoms with Crippen LogP contribution in [0.3, 0.4) is 0 Å². The normalized spacial score (nSPS) is 11.9. The lowest BCUT2D eigenvalue weighted by Gasteiger charge is -2.17. The summed E-state index contributed by atoms with van der Waals surface area (Å²) in [6.45, 7) is 3.46. The number of ether oxygens (including phenoxy) is 1. The van der Waals surface area contributed by atoms with Crippen molar-refractivity contribution in [1.82, 2.24) is 14.9 Å². The van der Waals surface area contributed by atoms with Gasteiger partial charge in [-0.1, -0.05) is 54.1 Å². The summed E-state index contributed by atoms with van der Waals surface area (Å²) >= 11 is 5.94. The van der Waals surface area contributed by atoms with Crippen molar-refractivity contribution in [2.75, 3.05) is 6.61 Å². The van der Waals surface area contributed by atoms with E-state index in [-0.39, 0.29) is 11.9 Å². The van der Waals surface area contributed by atoms with Gasteiger partial charge in [-0.05, 0) is 61.7 Å². The number of nitrogens with zero attached hydrogens (tertiary/aromatic N) is 2.